The van der Waals surface area contributed by atoms with Crippen molar-refractivity contribution in [1.29, 1.82) is 0 Å². The number of aromatic nitrogens is 3. The van der Waals surface area contributed by atoms with Crippen LogP contribution in [0.4, 0.5) is 11.5 Å². The highest BCUT2D eigenvalue weighted by molar-refractivity contribution is 5.94. The highest BCUT2D eigenvalue weighted by atomic mass is 16.5. The van der Waals surface area contributed by atoms with E-state index in [1.54, 1.807) is 44.8 Å². The second-order valence-corrected chi connectivity index (χ2v) is 7.35. The number of pyridine rings is 1. The number of nitrogens with one attached hydrogen (secondary N) is 1. The van der Waals surface area contributed by atoms with Gasteiger partial charge in [-0.1, -0.05) is 0 Å². The van der Waals surface area contributed by atoms with Crippen molar-refractivity contribution >= 4 is 17.4 Å². The number of amides is 1. The number of methoxy groups -OCH3 is 2. The predicted octanol–water partition coefficient (Wildman–Crippen LogP) is 3.41. The van der Waals surface area contributed by atoms with Crippen LogP contribution >= 0.6 is 0 Å². The molecule has 1 unspecified atom stereocenters. The molecule has 1 aliphatic heterocycles. The Morgan fingerprint density at radius 1 is 1.06 bits per heavy atom. The number of piperidine rings is 1. The van der Waals surface area contributed by atoms with Crippen LogP contribution in [-0.4, -0.2) is 48.4 Å². The van der Waals surface area contributed by atoms with E-state index in [4.69, 9.17) is 9.47 Å². The van der Waals surface area contributed by atoms with E-state index in [0.29, 0.717) is 23.7 Å². The number of hydrogen-bond donors (Lipinski definition) is 1. The number of rotatable bonds is 6. The van der Waals surface area contributed by atoms with Gasteiger partial charge < -0.3 is 19.7 Å². The second kappa shape index (κ2) is 9.42. The van der Waals surface area contributed by atoms with Gasteiger partial charge in [0.1, 0.15) is 11.5 Å². The SMILES string of the molecule is COc1ccc(NC(=O)C2CCCN(c3ccc(-c4ccncc4)nn3)C2)c(OC)c1. The molecule has 3 aromatic rings. The first-order valence-electron chi connectivity index (χ1n) is 10.2. The number of ether oxygens (including phenoxy) is 2. The molecule has 0 saturated carbocycles. The zero-order chi connectivity index (χ0) is 21.6. The lowest BCUT2D eigenvalue weighted by Gasteiger charge is -2.32. The molecule has 0 radical (unpaired) electrons. The van der Waals surface area contributed by atoms with Crippen molar-refractivity contribution in [2.24, 2.45) is 5.92 Å². The van der Waals surface area contributed by atoms with E-state index < -0.39 is 0 Å². The van der Waals surface area contributed by atoms with Gasteiger partial charge in [-0.25, -0.2) is 0 Å². The zero-order valence-electron chi connectivity index (χ0n) is 17.6. The van der Waals surface area contributed by atoms with Crippen LogP contribution in [0.1, 0.15) is 12.8 Å². The maximum Gasteiger partial charge on any atom is 0.229 e. The molecule has 1 atom stereocenters. The molecular weight excluding hydrogens is 394 g/mol. The summed E-state index contributed by atoms with van der Waals surface area (Å²) in [6, 6.07) is 13.0. The number of anilines is 2. The van der Waals surface area contributed by atoms with Crippen LogP contribution < -0.4 is 19.7 Å². The second-order valence-electron chi connectivity index (χ2n) is 7.35. The highest BCUT2D eigenvalue weighted by Crippen LogP contribution is 2.30. The lowest BCUT2D eigenvalue weighted by atomic mass is 9.97. The molecule has 8 nitrogen and oxygen atoms in total. The molecule has 1 aliphatic rings. The van der Waals surface area contributed by atoms with E-state index in [1.807, 2.05) is 24.3 Å². The quantitative estimate of drug-likeness (QED) is 0.655. The third-order valence-corrected chi connectivity index (χ3v) is 5.41. The molecule has 3 heterocycles. The molecule has 0 aliphatic carbocycles. The van der Waals surface area contributed by atoms with E-state index in [2.05, 4.69) is 25.4 Å². The Hall–Kier alpha value is -3.68. The van der Waals surface area contributed by atoms with Gasteiger partial charge in [-0.15, -0.1) is 10.2 Å². The molecule has 1 amide bonds. The highest BCUT2D eigenvalue weighted by Gasteiger charge is 2.27. The Morgan fingerprint density at radius 2 is 1.90 bits per heavy atom. The summed E-state index contributed by atoms with van der Waals surface area (Å²) in [6.07, 6.45) is 5.20. The first-order chi connectivity index (χ1) is 15.2. The van der Waals surface area contributed by atoms with Crippen molar-refractivity contribution in [3.63, 3.8) is 0 Å². The number of carbonyl (C=O) groups excluding carboxylic acids is 1. The Bertz CT molecular complexity index is 1030. The van der Waals surface area contributed by atoms with Gasteiger partial charge in [-0.3, -0.25) is 9.78 Å². The van der Waals surface area contributed by atoms with Crippen molar-refractivity contribution in [2.75, 3.05) is 37.5 Å². The van der Waals surface area contributed by atoms with Gasteiger partial charge in [0.2, 0.25) is 5.91 Å². The Labute approximate surface area is 181 Å². The van der Waals surface area contributed by atoms with Crippen LogP contribution in [0, 0.1) is 5.92 Å². The molecule has 160 valence electrons. The molecule has 1 aromatic carbocycles. The van der Waals surface area contributed by atoms with E-state index in [9.17, 15) is 4.79 Å². The first kappa shape index (κ1) is 20.6. The summed E-state index contributed by atoms with van der Waals surface area (Å²) in [5.74, 6) is 1.83. The van der Waals surface area contributed by atoms with Crippen LogP contribution in [0.15, 0.2) is 54.9 Å². The zero-order valence-corrected chi connectivity index (χ0v) is 17.6. The number of hydrogen-bond acceptors (Lipinski definition) is 7. The minimum Gasteiger partial charge on any atom is -0.497 e. The van der Waals surface area contributed by atoms with Crippen molar-refractivity contribution < 1.29 is 14.3 Å². The molecule has 8 heteroatoms. The lowest BCUT2D eigenvalue weighted by Crippen LogP contribution is -2.41. The van der Waals surface area contributed by atoms with Crippen LogP contribution in [0.2, 0.25) is 0 Å². The predicted molar refractivity (Wildman–Crippen MR) is 118 cm³/mol. The largest absolute Gasteiger partial charge is 0.497 e. The molecular formula is C23H25N5O3. The van der Waals surface area contributed by atoms with Gasteiger partial charge in [-0.05, 0) is 49.2 Å². The average Bonchev–Trinajstić information content (AvgIpc) is 2.85. The molecule has 31 heavy (non-hydrogen) atoms. The fourth-order valence-electron chi connectivity index (χ4n) is 3.71. The average molecular weight is 419 g/mol. The van der Waals surface area contributed by atoms with Crippen LogP contribution in [-0.2, 0) is 4.79 Å². The summed E-state index contributed by atoms with van der Waals surface area (Å²) in [5, 5.41) is 11.7. The minimum absolute atomic E-state index is 0.0328. The third-order valence-electron chi connectivity index (χ3n) is 5.41. The van der Waals surface area contributed by atoms with E-state index in [1.165, 1.54) is 0 Å². The van der Waals surface area contributed by atoms with Crippen LogP contribution in [0.5, 0.6) is 11.5 Å². The summed E-state index contributed by atoms with van der Waals surface area (Å²) in [6.45, 7) is 1.44. The molecule has 1 N–H and O–H groups in total. The van der Waals surface area contributed by atoms with Gasteiger partial charge in [0.05, 0.1) is 31.5 Å². The fourth-order valence-corrected chi connectivity index (χ4v) is 3.71. The summed E-state index contributed by atoms with van der Waals surface area (Å²) in [4.78, 5) is 19.1. The maximum absolute atomic E-state index is 12.9. The third kappa shape index (κ3) is 4.74. The standard InChI is InChI=1S/C23H25N5O3/c1-30-18-5-6-20(21(14-18)31-2)25-23(29)17-4-3-13-28(15-17)22-8-7-19(26-27-22)16-9-11-24-12-10-16/h5-12,14,17H,3-4,13,15H2,1-2H3,(H,25,29). The maximum atomic E-state index is 12.9. The number of benzene rings is 1. The Balaban J connectivity index is 1.43. The Morgan fingerprint density at radius 3 is 2.61 bits per heavy atom. The van der Waals surface area contributed by atoms with Gasteiger partial charge in [-0.2, -0.15) is 0 Å². The first-order valence-corrected chi connectivity index (χ1v) is 10.2. The van der Waals surface area contributed by atoms with Crippen molar-refractivity contribution in [2.45, 2.75) is 12.8 Å². The molecule has 4 rings (SSSR count). The van der Waals surface area contributed by atoms with Crippen LogP contribution in [0.3, 0.4) is 0 Å². The van der Waals surface area contributed by atoms with Crippen LogP contribution in [0.25, 0.3) is 11.3 Å². The smallest absolute Gasteiger partial charge is 0.229 e. The molecule has 1 fully saturated rings. The summed E-state index contributed by atoms with van der Waals surface area (Å²) >= 11 is 0. The van der Waals surface area contributed by atoms with Crippen molar-refractivity contribution in [3.05, 3.63) is 54.9 Å². The topological polar surface area (TPSA) is 89.5 Å². The lowest BCUT2D eigenvalue weighted by molar-refractivity contribution is -0.120. The molecule has 0 spiro atoms. The van der Waals surface area contributed by atoms with E-state index in [-0.39, 0.29) is 11.8 Å². The summed E-state index contributed by atoms with van der Waals surface area (Å²) in [5.41, 5.74) is 2.40. The molecule has 0 bridgehead atoms. The molecule has 1 saturated heterocycles. The number of nitrogens with zero attached hydrogens (tertiary/aromatic N) is 4. The summed E-state index contributed by atoms with van der Waals surface area (Å²) in [7, 11) is 3.16. The van der Waals surface area contributed by atoms with Crippen molar-refractivity contribution in [1.82, 2.24) is 15.2 Å². The minimum atomic E-state index is -0.151. The molecule has 2 aromatic heterocycles. The van der Waals surface area contributed by atoms with E-state index >= 15 is 0 Å². The van der Waals surface area contributed by atoms with Gasteiger partial charge in [0.25, 0.3) is 0 Å². The van der Waals surface area contributed by atoms with Crippen molar-refractivity contribution in [3.8, 4) is 22.8 Å². The Kier molecular flexibility index (Phi) is 6.26. The monoisotopic (exact) mass is 419 g/mol. The fraction of sp³-hybridized carbons (Fsp3) is 0.304. The van der Waals surface area contributed by atoms with Gasteiger partial charge in [0, 0.05) is 37.1 Å². The van der Waals surface area contributed by atoms with E-state index in [0.717, 1.165) is 36.5 Å². The normalized spacial score (nSPS) is 15.9. The summed E-state index contributed by atoms with van der Waals surface area (Å²) < 4.78 is 10.6. The van der Waals surface area contributed by atoms with Gasteiger partial charge in [0.15, 0.2) is 5.82 Å². The van der Waals surface area contributed by atoms with Gasteiger partial charge >= 0.3 is 0 Å². The number of carbonyl (C=O) groups is 1.